The van der Waals surface area contributed by atoms with Crippen molar-refractivity contribution >= 4 is 28.4 Å². The van der Waals surface area contributed by atoms with E-state index in [1.165, 1.54) is 0 Å². The van der Waals surface area contributed by atoms with Gasteiger partial charge in [0.1, 0.15) is 10.6 Å². The summed E-state index contributed by atoms with van der Waals surface area (Å²) in [6.07, 6.45) is 1.80. The van der Waals surface area contributed by atoms with Crippen molar-refractivity contribution in [3.8, 4) is 0 Å². The number of anilines is 1. The quantitative estimate of drug-likeness (QED) is 0.764. The highest BCUT2D eigenvalue weighted by Gasteiger charge is 2.24. The number of hydrogen-bond donors (Lipinski definition) is 3. The van der Waals surface area contributed by atoms with Crippen molar-refractivity contribution in [3.63, 3.8) is 0 Å². The average Bonchev–Trinajstić information content (AvgIpc) is 2.71. The molecule has 0 aromatic carbocycles. The summed E-state index contributed by atoms with van der Waals surface area (Å²) in [5, 5.41) is 15.2. The third kappa shape index (κ3) is 2.68. The van der Waals surface area contributed by atoms with Gasteiger partial charge >= 0.3 is 5.97 Å². The van der Waals surface area contributed by atoms with Crippen molar-refractivity contribution in [2.45, 2.75) is 19.8 Å². The van der Waals surface area contributed by atoms with E-state index in [4.69, 9.17) is 5.11 Å². The van der Waals surface area contributed by atoms with E-state index in [9.17, 15) is 9.59 Å². The molecule has 2 rings (SSSR count). The molecule has 1 aliphatic rings. The normalized spacial score (nSPS) is 19.5. The monoisotopic (exact) mass is 269 g/mol. The van der Waals surface area contributed by atoms with Crippen LogP contribution in [0.15, 0.2) is 0 Å². The molecule has 0 bridgehead atoms. The molecule has 1 aromatic heterocycles. The Morgan fingerprint density at radius 2 is 2.33 bits per heavy atom. The number of hydrogen-bond acceptors (Lipinski definition) is 5. The van der Waals surface area contributed by atoms with Crippen LogP contribution in [0.5, 0.6) is 0 Å². The lowest BCUT2D eigenvalue weighted by molar-refractivity contribution is -0.120. The van der Waals surface area contributed by atoms with Crippen LogP contribution >= 0.6 is 11.5 Å². The second-order valence-electron chi connectivity index (χ2n) is 4.31. The molecule has 2 heterocycles. The molecule has 1 saturated heterocycles. The lowest BCUT2D eigenvalue weighted by Crippen LogP contribution is -2.37. The molecule has 0 radical (unpaired) electrons. The second-order valence-corrected chi connectivity index (χ2v) is 5.08. The van der Waals surface area contributed by atoms with E-state index in [0.29, 0.717) is 17.2 Å². The van der Waals surface area contributed by atoms with Gasteiger partial charge in [0.05, 0.1) is 11.6 Å². The number of carbonyl (C=O) groups is 2. The molecule has 1 unspecified atom stereocenters. The van der Waals surface area contributed by atoms with Gasteiger partial charge in [-0.25, -0.2) is 4.79 Å². The number of amides is 1. The molecule has 6 nitrogen and oxygen atoms in total. The fourth-order valence-electron chi connectivity index (χ4n) is 2.00. The molecule has 1 aliphatic heterocycles. The van der Waals surface area contributed by atoms with Gasteiger partial charge in [-0.2, -0.15) is 4.37 Å². The van der Waals surface area contributed by atoms with E-state index in [1.54, 1.807) is 6.92 Å². The molecule has 1 atom stereocenters. The molecule has 1 amide bonds. The zero-order valence-corrected chi connectivity index (χ0v) is 10.8. The first-order valence-electron chi connectivity index (χ1n) is 5.80. The van der Waals surface area contributed by atoms with Crippen LogP contribution in [-0.2, 0) is 4.79 Å². The van der Waals surface area contributed by atoms with Gasteiger partial charge in [0.15, 0.2) is 0 Å². The van der Waals surface area contributed by atoms with Crippen LogP contribution in [0.4, 0.5) is 5.00 Å². The predicted octanol–water partition coefficient (Wildman–Crippen LogP) is 1.09. The molecule has 0 saturated carbocycles. The Hall–Kier alpha value is -1.47. The first-order chi connectivity index (χ1) is 8.59. The summed E-state index contributed by atoms with van der Waals surface area (Å²) < 4.78 is 3.97. The lowest BCUT2D eigenvalue weighted by atomic mass is 9.99. The van der Waals surface area contributed by atoms with Gasteiger partial charge in [-0.1, -0.05) is 0 Å². The van der Waals surface area contributed by atoms with E-state index in [1.807, 2.05) is 0 Å². The maximum Gasteiger partial charge on any atom is 0.340 e. The Bertz CT molecular complexity index is 466. The molecule has 0 spiro atoms. The highest BCUT2D eigenvalue weighted by molar-refractivity contribution is 7.11. The Balaban J connectivity index is 2.09. The van der Waals surface area contributed by atoms with Crippen molar-refractivity contribution < 1.29 is 14.7 Å². The standard InChI is InChI=1S/C11H15N3O3S/c1-6-8(11(16)17)10(18-14-6)13-9(15)7-3-2-4-12-5-7/h7,12H,2-5H2,1H3,(H,13,15)(H,16,17). The van der Waals surface area contributed by atoms with Crippen molar-refractivity contribution in [1.82, 2.24) is 9.69 Å². The summed E-state index contributed by atoms with van der Waals surface area (Å²) in [6, 6.07) is 0. The maximum atomic E-state index is 12.0. The first-order valence-corrected chi connectivity index (χ1v) is 6.58. The Labute approximate surface area is 109 Å². The number of piperidine rings is 1. The zero-order chi connectivity index (χ0) is 13.1. The van der Waals surface area contributed by atoms with Gasteiger partial charge in [0.25, 0.3) is 0 Å². The number of aryl methyl sites for hydroxylation is 1. The van der Waals surface area contributed by atoms with Crippen molar-refractivity contribution in [2.75, 3.05) is 18.4 Å². The van der Waals surface area contributed by atoms with Gasteiger partial charge < -0.3 is 15.7 Å². The SMILES string of the molecule is Cc1nsc(NC(=O)C2CCCNC2)c1C(=O)O. The Kier molecular flexibility index (Phi) is 3.93. The Morgan fingerprint density at radius 3 is 2.94 bits per heavy atom. The van der Waals surface area contributed by atoms with E-state index in [0.717, 1.165) is 30.9 Å². The molecular formula is C11H15N3O3S. The highest BCUT2D eigenvalue weighted by atomic mass is 32.1. The van der Waals surface area contributed by atoms with Crippen LogP contribution in [0, 0.1) is 12.8 Å². The Morgan fingerprint density at radius 1 is 1.56 bits per heavy atom. The van der Waals surface area contributed by atoms with E-state index >= 15 is 0 Å². The number of nitrogens with one attached hydrogen (secondary N) is 2. The number of nitrogens with zero attached hydrogens (tertiary/aromatic N) is 1. The number of rotatable bonds is 3. The van der Waals surface area contributed by atoms with E-state index < -0.39 is 5.97 Å². The van der Waals surface area contributed by atoms with E-state index in [-0.39, 0.29) is 17.4 Å². The first kappa shape index (κ1) is 13.0. The van der Waals surface area contributed by atoms with Gasteiger partial charge in [-0.15, -0.1) is 0 Å². The smallest absolute Gasteiger partial charge is 0.340 e. The predicted molar refractivity (Wildman–Crippen MR) is 68.0 cm³/mol. The van der Waals surface area contributed by atoms with Crippen molar-refractivity contribution in [3.05, 3.63) is 11.3 Å². The van der Waals surface area contributed by atoms with E-state index in [2.05, 4.69) is 15.0 Å². The number of aromatic carboxylic acids is 1. The van der Waals surface area contributed by atoms with Crippen LogP contribution in [0.2, 0.25) is 0 Å². The van der Waals surface area contributed by atoms with Crippen LogP contribution in [0.1, 0.15) is 28.9 Å². The summed E-state index contributed by atoms with van der Waals surface area (Å²) in [6.45, 7) is 3.20. The average molecular weight is 269 g/mol. The third-order valence-electron chi connectivity index (χ3n) is 2.98. The largest absolute Gasteiger partial charge is 0.478 e. The molecule has 1 fully saturated rings. The zero-order valence-electron chi connectivity index (χ0n) is 10.0. The number of carboxylic acid groups (broad SMARTS) is 1. The second kappa shape index (κ2) is 5.45. The van der Waals surface area contributed by atoms with Crippen molar-refractivity contribution in [1.29, 1.82) is 0 Å². The summed E-state index contributed by atoms with van der Waals surface area (Å²) >= 11 is 1.01. The minimum absolute atomic E-state index is 0.0946. The molecule has 98 valence electrons. The molecule has 18 heavy (non-hydrogen) atoms. The fraction of sp³-hybridized carbons (Fsp3) is 0.545. The fourth-order valence-corrected chi connectivity index (χ4v) is 2.79. The van der Waals surface area contributed by atoms with Crippen LogP contribution in [-0.4, -0.2) is 34.4 Å². The summed E-state index contributed by atoms with van der Waals surface area (Å²) in [7, 11) is 0. The van der Waals surface area contributed by atoms with Crippen LogP contribution in [0.3, 0.4) is 0 Å². The van der Waals surface area contributed by atoms with Gasteiger partial charge in [0, 0.05) is 6.54 Å². The summed E-state index contributed by atoms with van der Waals surface area (Å²) in [5.74, 6) is -1.28. The molecular weight excluding hydrogens is 254 g/mol. The molecule has 1 aromatic rings. The van der Waals surface area contributed by atoms with Crippen LogP contribution in [0.25, 0.3) is 0 Å². The maximum absolute atomic E-state index is 12.0. The number of aromatic nitrogens is 1. The highest BCUT2D eigenvalue weighted by Crippen LogP contribution is 2.25. The summed E-state index contributed by atoms with van der Waals surface area (Å²) in [5.41, 5.74) is 0.529. The molecule has 3 N–H and O–H groups in total. The lowest BCUT2D eigenvalue weighted by Gasteiger charge is -2.21. The molecule has 0 aliphatic carbocycles. The van der Waals surface area contributed by atoms with Gasteiger partial charge in [-0.3, -0.25) is 4.79 Å². The number of carboxylic acids is 1. The van der Waals surface area contributed by atoms with Crippen LogP contribution < -0.4 is 10.6 Å². The van der Waals surface area contributed by atoms with Gasteiger partial charge in [0.2, 0.25) is 5.91 Å². The van der Waals surface area contributed by atoms with Gasteiger partial charge in [-0.05, 0) is 37.8 Å². The van der Waals surface area contributed by atoms with Crippen molar-refractivity contribution in [2.24, 2.45) is 5.92 Å². The topological polar surface area (TPSA) is 91.3 Å². The molecule has 7 heteroatoms. The third-order valence-corrected chi connectivity index (χ3v) is 3.83. The summed E-state index contributed by atoms with van der Waals surface area (Å²) in [4.78, 5) is 23.1. The minimum atomic E-state index is -1.06. The minimum Gasteiger partial charge on any atom is -0.478 e. The number of carbonyl (C=O) groups excluding carboxylic acids is 1.